The number of imidazole rings is 1. The Labute approximate surface area is 191 Å². The number of aromatic amines is 1. The predicted molar refractivity (Wildman–Crippen MR) is 118 cm³/mol. The number of fused-ring (bicyclic) bond motifs is 3. The van der Waals surface area contributed by atoms with Gasteiger partial charge in [-0.15, -0.1) is 0 Å². The highest BCUT2D eigenvalue weighted by Gasteiger charge is 2.39. The molecule has 7 nitrogen and oxygen atoms in total. The number of rotatable bonds is 3. The largest absolute Gasteiger partial charge is 0.434 e. The fourth-order valence-corrected chi connectivity index (χ4v) is 5.89. The second-order valence-corrected chi connectivity index (χ2v) is 9.73. The van der Waals surface area contributed by atoms with Gasteiger partial charge in [0, 0.05) is 54.3 Å². The lowest BCUT2D eigenvalue weighted by atomic mass is 9.78. The molecule has 11 heteroatoms. The first-order valence-electron chi connectivity index (χ1n) is 10.8. The van der Waals surface area contributed by atoms with Gasteiger partial charge in [-0.1, -0.05) is 11.8 Å². The maximum atomic E-state index is 13.4. The summed E-state index contributed by atoms with van der Waals surface area (Å²) < 4.78 is 47.9. The second kappa shape index (κ2) is 7.63. The van der Waals surface area contributed by atoms with E-state index in [9.17, 15) is 13.2 Å². The molecule has 2 saturated heterocycles. The molecule has 0 atom stereocenters. The number of aromatic nitrogens is 5. The summed E-state index contributed by atoms with van der Waals surface area (Å²) in [6, 6.07) is 2.94. The lowest BCUT2D eigenvalue weighted by molar-refractivity contribution is -0.143. The number of anilines is 1. The van der Waals surface area contributed by atoms with Gasteiger partial charge in [0.05, 0.1) is 12.0 Å². The molecule has 2 aliphatic rings. The van der Waals surface area contributed by atoms with Gasteiger partial charge in [-0.2, -0.15) is 18.2 Å². The number of nitrogens with zero attached hydrogens (tertiary/aromatic N) is 5. The Morgan fingerprint density at radius 1 is 1.09 bits per heavy atom. The minimum Gasteiger partial charge on any atom is -0.381 e. The van der Waals surface area contributed by atoms with Crippen LogP contribution >= 0.6 is 11.8 Å². The molecule has 2 fully saturated rings. The van der Waals surface area contributed by atoms with Crippen LogP contribution in [0, 0.1) is 5.41 Å². The summed E-state index contributed by atoms with van der Waals surface area (Å²) in [6.07, 6.45) is 5.08. The normalized spacial score (nSPS) is 18.7. The average molecular weight is 475 g/mol. The number of ether oxygens (including phenoxy) is 1. The minimum absolute atomic E-state index is 0.0415. The molecule has 6 heterocycles. The summed E-state index contributed by atoms with van der Waals surface area (Å²) in [6.45, 7) is 3.43. The molecule has 1 spiro atoms. The van der Waals surface area contributed by atoms with Gasteiger partial charge in [-0.3, -0.25) is 9.38 Å². The highest BCUT2D eigenvalue weighted by atomic mass is 32.2. The summed E-state index contributed by atoms with van der Waals surface area (Å²) >= 11 is 1.01. The van der Waals surface area contributed by atoms with Gasteiger partial charge in [0.1, 0.15) is 5.65 Å². The van der Waals surface area contributed by atoms with Crippen molar-refractivity contribution in [2.45, 2.75) is 35.2 Å². The minimum atomic E-state index is -4.53. The van der Waals surface area contributed by atoms with Crippen LogP contribution in [0.2, 0.25) is 0 Å². The molecule has 0 aliphatic carbocycles. The van der Waals surface area contributed by atoms with Gasteiger partial charge in [-0.25, -0.2) is 4.98 Å². The number of alkyl halides is 3. The maximum Gasteiger partial charge on any atom is 0.434 e. The number of pyridine rings is 1. The van der Waals surface area contributed by atoms with Crippen LogP contribution in [0.15, 0.2) is 46.7 Å². The topological polar surface area (TPSA) is 71.3 Å². The van der Waals surface area contributed by atoms with Crippen LogP contribution in [-0.2, 0) is 10.9 Å². The van der Waals surface area contributed by atoms with E-state index in [0.29, 0.717) is 21.6 Å². The van der Waals surface area contributed by atoms with Gasteiger partial charge < -0.3 is 14.6 Å². The van der Waals surface area contributed by atoms with Crippen molar-refractivity contribution in [3.8, 4) is 0 Å². The number of H-pyrrole nitrogens is 1. The van der Waals surface area contributed by atoms with E-state index >= 15 is 0 Å². The highest BCUT2D eigenvalue weighted by molar-refractivity contribution is 7.99. The molecular weight excluding hydrogens is 453 g/mol. The Morgan fingerprint density at radius 3 is 2.70 bits per heavy atom. The quantitative estimate of drug-likeness (QED) is 0.461. The number of hydrogen-bond donors (Lipinski definition) is 1. The molecule has 4 aromatic heterocycles. The van der Waals surface area contributed by atoms with Crippen molar-refractivity contribution in [3.63, 3.8) is 0 Å². The third-order valence-electron chi connectivity index (χ3n) is 6.67. The molecule has 172 valence electrons. The van der Waals surface area contributed by atoms with E-state index < -0.39 is 11.9 Å². The van der Waals surface area contributed by atoms with Crippen molar-refractivity contribution in [2.75, 3.05) is 31.2 Å². The zero-order valence-corrected chi connectivity index (χ0v) is 18.4. The van der Waals surface area contributed by atoms with Crippen LogP contribution in [0.5, 0.6) is 0 Å². The average Bonchev–Trinajstić information content (AvgIpc) is 3.54. The summed E-state index contributed by atoms with van der Waals surface area (Å²) in [5, 5.41) is 0.698. The first kappa shape index (κ1) is 20.8. The van der Waals surface area contributed by atoms with E-state index in [1.165, 1.54) is 12.1 Å². The van der Waals surface area contributed by atoms with Gasteiger partial charge in [0.2, 0.25) is 5.95 Å². The molecule has 0 bridgehead atoms. The third kappa shape index (κ3) is 3.54. The summed E-state index contributed by atoms with van der Waals surface area (Å²) in [5.74, 6) is 0.791. The van der Waals surface area contributed by atoms with Crippen molar-refractivity contribution >= 4 is 34.4 Å². The van der Waals surface area contributed by atoms with Gasteiger partial charge >= 0.3 is 6.18 Å². The zero-order chi connectivity index (χ0) is 22.6. The smallest absolute Gasteiger partial charge is 0.381 e. The molecule has 0 radical (unpaired) electrons. The fourth-order valence-electron chi connectivity index (χ4n) is 4.84. The lowest BCUT2D eigenvalue weighted by Gasteiger charge is -2.38. The van der Waals surface area contributed by atoms with Gasteiger partial charge in [-0.05, 0) is 36.8 Å². The van der Waals surface area contributed by atoms with E-state index in [1.807, 2.05) is 10.6 Å². The summed E-state index contributed by atoms with van der Waals surface area (Å²) in [4.78, 5) is 19.0. The molecule has 33 heavy (non-hydrogen) atoms. The maximum absolute atomic E-state index is 13.4. The van der Waals surface area contributed by atoms with Crippen LogP contribution in [0.25, 0.3) is 16.7 Å². The standard InChI is InChI=1S/C22H21F3N6OS/c23-22(24,25)17-14(2-1-6-26-17)33-15-12-28-18-16(15)19-27-7-10-31(19)20(29-18)30-8-3-21(4-9-30)5-11-32-13-21/h1-2,6-7,10,12,28H,3-5,8-9,11,13H2. The summed E-state index contributed by atoms with van der Waals surface area (Å²) in [7, 11) is 0. The first-order chi connectivity index (χ1) is 15.9. The number of nitrogens with one attached hydrogen (secondary N) is 1. The Balaban J connectivity index is 1.37. The zero-order valence-electron chi connectivity index (χ0n) is 17.6. The van der Waals surface area contributed by atoms with Crippen LogP contribution in [0.4, 0.5) is 19.1 Å². The van der Waals surface area contributed by atoms with Gasteiger partial charge in [0.15, 0.2) is 11.3 Å². The van der Waals surface area contributed by atoms with Crippen LogP contribution in [0.3, 0.4) is 0 Å². The SMILES string of the molecule is FC(F)(F)c1ncccc1Sc1c[nH]c2nc(N3CCC4(CCOC4)CC3)n3ccnc3c12. The highest BCUT2D eigenvalue weighted by Crippen LogP contribution is 2.43. The van der Waals surface area contributed by atoms with Crippen LogP contribution < -0.4 is 4.90 Å². The molecule has 0 unspecified atom stereocenters. The van der Waals surface area contributed by atoms with Crippen molar-refractivity contribution in [3.05, 3.63) is 42.6 Å². The molecule has 1 N–H and O–H groups in total. The monoisotopic (exact) mass is 474 g/mol. The third-order valence-corrected chi connectivity index (χ3v) is 7.76. The predicted octanol–water partition coefficient (Wildman–Crippen LogP) is 4.78. The Hall–Kier alpha value is -2.79. The van der Waals surface area contributed by atoms with Gasteiger partial charge in [0.25, 0.3) is 0 Å². The number of halogens is 3. The molecular formula is C22H21F3N6OS. The van der Waals surface area contributed by atoms with E-state index in [4.69, 9.17) is 9.72 Å². The molecule has 2 aliphatic heterocycles. The lowest BCUT2D eigenvalue weighted by Crippen LogP contribution is -2.41. The molecule has 4 aromatic rings. The van der Waals surface area contributed by atoms with Crippen molar-refractivity contribution in [1.29, 1.82) is 0 Å². The summed E-state index contributed by atoms with van der Waals surface area (Å²) in [5.41, 5.74) is 0.658. The Morgan fingerprint density at radius 2 is 1.94 bits per heavy atom. The van der Waals surface area contributed by atoms with Crippen molar-refractivity contribution < 1.29 is 17.9 Å². The van der Waals surface area contributed by atoms with E-state index in [-0.39, 0.29) is 10.3 Å². The van der Waals surface area contributed by atoms with Crippen LogP contribution in [0.1, 0.15) is 25.0 Å². The van der Waals surface area contributed by atoms with E-state index in [0.717, 1.165) is 69.5 Å². The molecule has 0 saturated carbocycles. The first-order valence-corrected chi connectivity index (χ1v) is 11.6. The second-order valence-electron chi connectivity index (χ2n) is 8.65. The Bertz CT molecular complexity index is 1320. The van der Waals surface area contributed by atoms with E-state index in [2.05, 4.69) is 19.9 Å². The molecule has 0 amide bonds. The van der Waals surface area contributed by atoms with Crippen molar-refractivity contribution in [1.82, 2.24) is 24.3 Å². The van der Waals surface area contributed by atoms with E-state index in [1.54, 1.807) is 12.4 Å². The Kier molecular flexibility index (Phi) is 4.80. The fraction of sp³-hybridized carbons (Fsp3) is 0.409. The molecule has 0 aromatic carbocycles. The van der Waals surface area contributed by atoms with Crippen molar-refractivity contribution in [2.24, 2.45) is 5.41 Å². The number of hydrogen-bond acceptors (Lipinski definition) is 6. The molecule has 6 rings (SSSR count). The van der Waals surface area contributed by atoms with Crippen LogP contribution in [-0.4, -0.2) is 50.6 Å². The number of piperidine rings is 1.